The Labute approximate surface area is 90.6 Å². The molecule has 0 aromatic heterocycles. The van der Waals surface area contributed by atoms with Crippen molar-refractivity contribution >= 4 is 5.97 Å². The van der Waals surface area contributed by atoms with Crippen molar-refractivity contribution in [3.8, 4) is 0 Å². The van der Waals surface area contributed by atoms with Gasteiger partial charge < -0.3 is 10.4 Å². The zero-order valence-corrected chi connectivity index (χ0v) is 9.49. The number of piperidine rings is 1. The van der Waals surface area contributed by atoms with Gasteiger partial charge in [0.05, 0.1) is 0 Å². The van der Waals surface area contributed by atoms with Crippen LogP contribution in [-0.4, -0.2) is 47.7 Å². The van der Waals surface area contributed by atoms with E-state index in [1.165, 1.54) is 19.3 Å². The third-order valence-electron chi connectivity index (χ3n) is 4.07. The number of aliphatic carboxylic acids is 1. The van der Waals surface area contributed by atoms with Gasteiger partial charge in [-0.05, 0) is 39.2 Å². The van der Waals surface area contributed by atoms with Crippen LogP contribution in [0.1, 0.15) is 26.2 Å². The third kappa shape index (κ3) is 1.88. The van der Waals surface area contributed by atoms with Gasteiger partial charge in [0.25, 0.3) is 0 Å². The average Bonchev–Trinajstić information content (AvgIpc) is 2.78. The first kappa shape index (κ1) is 10.9. The number of carboxylic acids is 1. The van der Waals surface area contributed by atoms with Crippen LogP contribution in [0.2, 0.25) is 0 Å². The lowest BCUT2D eigenvalue weighted by Gasteiger charge is -2.34. The molecule has 1 saturated carbocycles. The molecule has 3 unspecified atom stereocenters. The molecule has 0 amide bonds. The molecular formula is C11H20N2O2. The van der Waals surface area contributed by atoms with E-state index >= 15 is 0 Å². The van der Waals surface area contributed by atoms with Gasteiger partial charge in [-0.25, -0.2) is 0 Å². The summed E-state index contributed by atoms with van der Waals surface area (Å²) in [6.45, 7) is 3.48. The molecule has 2 fully saturated rings. The smallest absolute Gasteiger partial charge is 0.324 e. The fourth-order valence-electron chi connectivity index (χ4n) is 2.88. The van der Waals surface area contributed by atoms with Crippen LogP contribution in [0.5, 0.6) is 0 Å². The van der Waals surface area contributed by atoms with E-state index in [0.717, 1.165) is 12.5 Å². The second-order valence-corrected chi connectivity index (χ2v) is 5.15. The highest BCUT2D eigenvalue weighted by molar-refractivity contribution is 5.78. The number of rotatable bonds is 4. The van der Waals surface area contributed by atoms with E-state index in [1.54, 1.807) is 14.0 Å². The lowest BCUT2D eigenvalue weighted by atomic mass is 10.0. The van der Waals surface area contributed by atoms with E-state index in [2.05, 4.69) is 10.2 Å². The van der Waals surface area contributed by atoms with Crippen molar-refractivity contribution in [2.75, 3.05) is 20.1 Å². The number of nitrogens with one attached hydrogen (secondary N) is 1. The summed E-state index contributed by atoms with van der Waals surface area (Å²) >= 11 is 0. The normalized spacial score (nSPS) is 34.3. The largest absolute Gasteiger partial charge is 0.480 e. The summed E-state index contributed by atoms with van der Waals surface area (Å²) in [5.74, 6) is 0.0673. The Morgan fingerprint density at radius 2 is 2.33 bits per heavy atom. The van der Waals surface area contributed by atoms with Gasteiger partial charge in [-0.1, -0.05) is 0 Å². The van der Waals surface area contributed by atoms with Crippen LogP contribution < -0.4 is 5.32 Å². The summed E-state index contributed by atoms with van der Waals surface area (Å²) in [5.41, 5.74) is -0.801. The number of likely N-dealkylation sites (N-methyl/N-ethyl adjacent to an activating group) is 1. The predicted octanol–water partition coefficient (Wildman–Crippen LogP) is 0.533. The quantitative estimate of drug-likeness (QED) is 0.714. The number of fused-ring (bicyclic) bond motifs is 2. The van der Waals surface area contributed by atoms with E-state index in [9.17, 15) is 9.90 Å². The molecule has 0 aromatic carbocycles. The zero-order chi connectivity index (χ0) is 11.1. The molecule has 1 aliphatic carbocycles. The van der Waals surface area contributed by atoms with Crippen LogP contribution in [0.3, 0.4) is 0 Å². The van der Waals surface area contributed by atoms with Crippen molar-refractivity contribution in [3.05, 3.63) is 0 Å². The molecule has 0 aromatic rings. The first-order valence-corrected chi connectivity index (χ1v) is 5.71. The van der Waals surface area contributed by atoms with Crippen molar-refractivity contribution in [1.82, 2.24) is 10.2 Å². The monoisotopic (exact) mass is 212 g/mol. The number of carbonyl (C=O) groups is 1. The third-order valence-corrected chi connectivity index (χ3v) is 4.07. The van der Waals surface area contributed by atoms with Crippen molar-refractivity contribution in [2.24, 2.45) is 5.92 Å². The van der Waals surface area contributed by atoms with Crippen LogP contribution in [0, 0.1) is 5.92 Å². The fourth-order valence-corrected chi connectivity index (χ4v) is 2.88. The Morgan fingerprint density at radius 1 is 1.60 bits per heavy atom. The van der Waals surface area contributed by atoms with Gasteiger partial charge in [-0.2, -0.15) is 0 Å². The van der Waals surface area contributed by atoms with E-state index < -0.39 is 11.5 Å². The highest BCUT2D eigenvalue weighted by Gasteiger charge is 2.42. The number of likely N-dealkylation sites (tertiary alicyclic amines) is 1. The van der Waals surface area contributed by atoms with Gasteiger partial charge in [0.2, 0.25) is 0 Å². The van der Waals surface area contributed by atoms with Crippen LogP contribution in [0.25, 0.3) is 0 Å². The summed E-state index contributed by atoms with van der Waals surface area (Å²) < 4.78 is 0. The Balaban J connectivity index is 1.99. The lowest BCUT2D eigenvalue weighted by Crippen LogP contribution is -2.56. The molecule has 4 heteroatoms. The topological polar surface area (TPSA) is 52.6 Å². The molecule has 1 aliphatic heterocycles. The maximum absolute atomic E-state index is 11.2. The first-order chi connectivity index (χ1) is 7.05. The highest BCUT2D eigenvalue weighted by atomic mass is 16.4. The Hall–Kier alpha value is -0.610. The SMILES string of the molecule is CNC(C)(CN1CC2CCC1C2)C(=O)O. The number of nitrogens with zero attached hydrogens (tertiary/aromatic N) is 1. The molecule has 2 aliphatic rings. The van der Waals surface area contributed by atoms with Crippen molar-refractivity contribution in [2.45, 2.75) is 37.8 Å². The van der Waals surface area contributed by atoms with Crippen LogP contribution in [-0.2, 0) is 4.79 Å². The van der Waals surface area contributed by atoms with Gasteiger partial charge in [0, 0.05) is 19.1 Å². The van der Waals surface area contributed by atoms with E-state index in [1.807, 2.05) is 0 Å². The molecule has 15 heavy (non-hydrogen) atoms. The minimum Gasteiger partial charge on any atom is -0.480 e. The molecule has 3 atom stereocenters. The molecule has 0 radical (unpaired) electrons. The number of hydrogen-bond acceptors (Lipinski definition) is 3. The first-order valence-electron chi connectivity index (χ1n) is 5.71. The fraction of sp³-hybridized carbons (Fsp3) is 0.909. The zero-order valence-electron chi connectivity index (χ0n) is 9.49. The minimum absolute atomic E-state index is 0.625. The van der Waals surface area contributed by atoms with Crippen molar-refractivity contribution in [3.63, 3.8) is 0 Å². The van der Waals surface area contributed by atoms with Gasteiger partial charge in [-0.15, -0.1) is 0 Å². The molecular weight excluding hydrogens is 192 g/mol. The van der Waals surface area contributed by atoms with Crippen molar-refractivity contribution in [1.29, 1.82) is 0 Å². The van der Waals surface area contributed by atoms with E-state index in [0.29, 0.717) is 12.6 Å². The molecule has 1 saturated heterocycles. The number of carboxylic acid groups (broad SMARTS) is 1. The van der Waals surface area contributed by atoms with Gasteiger partial charge in [-0.3, -0.25) is 9.69 Å². The van der Waals surface area contributed by atoms with Gasteiger partial charge in [0.15, 0.2) is 0 Å². The van der Waals surface area contributed by atoms with Crippen LogP contribution in [0.4, 0.5) is 0 Å². The molecule has 0 spiro atoms. The van der Waals surface area contributed by atoms with Crippen LogP contribution >= 0.6 is 0 Å². The maximum atomic E-state index is 11.2. The van der Waals surface area contributed by atoms with Crippen LogP contribution in [0.15, 0.2) is 0 Å². The summed E-state index contributed by atoms with van der Waals surface area (Å²) in [4.78, 5) is 13.5. The van der Waals surface area contributed by atoms with Crippen molar-refractivity contribution < 1.29 is 9.90 Å². The summed E-state index contributed by atoms with van der Waals surface area (Å²) in [7, 11) is 1.72. The standard InChI is InChI=1S/C11H20N2O2/c1-11(12-2,10(14)15)7-13-6-8-3-4-9(13)5-8/h8-9,12H,3-7H2,1-2H3,(H,14,15). The van der Waals surface area contributed by atoms with E-state index in [-0.39, 0.29) is 0 Å². The summed E-state index contributed by atoms with van der Waals surface area (Å²) in [6.07, 6.45) is 3.87. The summed E-state index contributed by atoms with van der Waals surface area (Å²) in [6, 6.07) is 0.641. The Bertz CT molecular complexity index is 269. The molecule has 4 nitrogen and oxygen atoms in total. The molecule has 86 valence electrons. The predicted molar refractivity (Wildman–Crippen MR) is 57.8 cm³/mol. The molecule has 2 N–H and O–H groups in total. The second kappa shape index (κ2) is 3.76. The van der Waals surface area contributed by atoms with E-state index in [4.69, 9.17) is 0 Å². The second-order valence-electron chi connectivity index (χ2n) is 5.15. The van der Waals surface area contributed by atoms with Gasteiger partial charge in [0.1, 0.15) is 5.54 Å². The average molecular weight is 212 g/mol. The number of hydrogen-bond donors (Lipinski definition) is 2. The lowest BCUT2D eigenvalue weighted by molar-refractivity contribution is -0.145. The molecule has 2 bridgehead atoms. The van der Waals surface area contributed by atoms with Gasteiger partial charge >= 0.3 is 5.97 Å². The minimum atomic E-state index is -0.801. The summed E-state index contributed by atoms with van der Waals surface area (Å²) in [5, 5.41) is 12.1. The Kier molecular flexibility index (Phi) is 2.73. The Morgan fingerprint density at radius 3 is 2.73 bits per heavy atom. The highest BCUT2D eigenvalue weighted by Crippen LogP contribution is 2.37. The maximum Gasteiger partial charge on any atom is 0.324 e. The molecule has 1 heterocycles. The molecule has 2 rings (SSSR count).